The number of aromatic nitrogens is 4. The van der Waals surface area contributed by atoms with Gasteiger partial charge >= 0.3 is 0 Å². The first-order valence-electron chi connectivity index (χ1n) is 10.2. The van der Waals surface area contributed by atoms with Crippen LogP contribution in [0.1, 0.15) is 17.0 Å². The van der Waals surface area contributed by atoms with E-state index in [2.05, 4.69) is 41.4 Å². The summed E-state index contributed by atoms with van der Waals surface area (Å²) in [7, 11) is 0. The number of para-hydroxylation sites is 1. The van der Waals surface area contributed by atoms with Gasteiger partial charge in [0.05, 0.1) is 11.4 Å². The van der Waals surface area contributed by atoms with Crippen molar-refractivity contribution in [2.45, 2.75) is 6.92 Å². The number of halogens is 1. The third-order valence-corrected chi connectivity index (χ3v) is 5.03. The zero-order valence-electron chi connectivity index (χ0n) is 17.3. The van der Waals surface area contributed by atoms with E-state index >= 15 is 0 Å². The Kier molecular flexibility index (Phi) is 5.17. The van der Waals surface area contributed by atoms with Gasteiger partial charge in [0.1, 0.15) is 5.82 Å². The van der Waals surface area contributed by atoms with Crippen LogP contribution < -0.4 is 0 Å². The monoisotopic (exact) mass is 422 g/mol. The summed E-state index contributed by atoms with van der Waals surface area (Å²) in [6.07, 6.45) is 5.63. The van der Waals surface area contributed by atoms with Crippen LogP contribution in [0.25, 0.3) is 40.6 Å². The Labute approximate surface area is 184 Å². The zero-order valence-corrected chi connectivity index (χ0v) is 17.3. The summed E-state index contributed by atoms with van der Waals surface area (Å²) < 4.78 is 20.7. The SMILES string of the molecule is Cc1ccc(-c2nn(-c3ccccc3)cc2/C=C/c2nnc(-c3ccc(F)cc3)o2)cc1. The van der Waals surface area contributed by atoms with Crippen molar-refractivity contribution >= 4 is 12.2 Å². The Balaban J connectivity index is 1.49. The molecule has 0 saturated heterocycles. The van der Waals surface area contributed by atoms with Crippen molar-refractivity contribution in [3.63, 3.8) is 0 Å². The van der Waals surface area contributed by atoms with Gasteiger partial charge in [0.15, 0.2) is 0 Å². The number of aryl methyl sites for hydroxylation is 1. The molecule has 0 unspecified atom stereocenters. The summed E-state index contributed by atoms with van der Waals surface area (Å²) in [5, 5.41) is 13.0. The van der Waals surface area contributed by atoms with E-state index in [0.29, 0.717) is 17.3 Å². The van der Waals surface area contributed by atoms with Gasteiger partial charge in [-0.3, -0.25) is 0 Å². The molecule has 0 aliphatic rings. The standard InChI is InChI=1S/C26H19FN4O/c1-18-7-9-19(10-8-18)25-21(17-31(30-25)23-5-3-2-4-6-23)13-16-24-28-29-26(32-24)20-11-14-22(27)15-12-20/h2-17H,1H3/b16-13+. The Bertz CT molecular complexity index is 1370. The fourth-order valence-electron chi connectivity index (χ4n) is 3.33. The highest BCUT2D eigenvalue weighted by Gasteiger charge is 2.12. The highest BCUT2D eigenvalue weighted by Crippen LogP contribution is 2.26. The topological polar surface area (TPSA) is 56.7 Å². The lowest BCUT2D eigenvalue weighted by Gasteiger charge is -2.01. The van der Waals surface area contributed by atoms with Crippen LogP contribution in [0.4, 0.5) is 4.39 Å². The molecule has 2 heterocycles. The molecule has 0 aliphatic heterocycles. The van der Waals surface area contributed by atoms with Crippen LogP contribution in [0.5, 0.6) is 0 Å². The van der Waals surface area contributed by atoms with Gasteiger partial charge in [-0.25, -0.2) is 9.07 Å². The molecule has 2 aromatic heterocycles. The lowest BCUT2D eigenvalue weighted by atomic mass is 10.1. The normalized spacial score (nSPS) is 11.3. The summed E-state index contributed by atoms with van der Waals surface area (Å²) in [6.45, 7) is 2.06. The average Bonchev–Trinajstić information content (AvgIpc) is 3.47. The molecule has 156 valence electrons. The maximum atomic E-state index is 13.2. The molecule has 0 atom stereocenters. The molecule has 0 spiro atoms. The minimum absolute atomic E-state index is 0.313. The molecule has 0 bridgehead atoms. The molecule has 0 radical (unpaired) electrons. The third kappa shape index (κ3) is 4.11. The van der Waals surface area contributed by atoms with Gasteiger partial charge in [0.2, 0.25) is 11.8 Å². The molecule has 6 heteroatoms. The second kappa shape index (κ2) is 8.43. The predicted octanol–water partition coefficient (Wildman–Crippen LogP) is 6.21. The molecule has 5 aromatic rings. The third-order valence-electron chi connectivity index (χ3n) is 5.03. The van der Waals surface area contributed by atoms with E-state index < -0.39 is 0 Å². The van der Waals surface area contributed by atoms with E-state index in [1.807, 2.05) is 47.3 Å². The summed E-state index contributed by atoms with van der Waals surface area (Å²) >= 11 is 0. The highest BCUT2D eigenvalue weighted by molar-refractivity contribution is 5.77. The summed E-state index contributed by atoms with van der Waals surface area (Å²) in [6, 6.07) is 24.1. The Morgan fingerprint density at radius 2 is 1.53 bits per heavy atom. The second-order valence-electron chi connectivity index (χ2n) is 7.36. The van der Waals surface area contributed by atoms with E-state index in [1.54, 1.807) is 18.2 Å². The van der Waals surface area contributed by atoms with Crippen LogP contribution >= 0.6 is 0 Å². The molecule has 3 aromatic carbocycles. The van der Waals surface area contributed by atoms with Gasteiger partial charge in [-0.05, 0) is 49.4 Å². The van der Waals surface area contributed by atoms with Crippen LogP contribution in [0, 0.1) is 12.7 Å². The largest absolute Gasteiger partial charge is 0.417 e. The minimum atomic E-state index is -0.313. The van der Waals surface area contributed by atoms with Crippen LogP contribution in [-0.2, 0) is 0 Å². The van der Waals surface area contributed by atoms with Crippen LogP contribution in [0.2, 0.25) is 0 Å². The highest BCUT2D eigenvalue weighted by atomic mass is 19.1. The molecule has 0 N–H and O–H groups in total. The second-order valence-corrected chi connectivity index (χ2v) is 7.36. The first kappa shape index (κ1) is 19.6. The van der Waals surface area contributed by atoms with Gasteiger partial charge in [-0.1, -0.05) is 48.0 Å². The molecule has 5 nitrogen and oxygen atoms in total. The average molecular weight is 422 g/mol. The molecule has 0 aliphatic carbocycles. The van der Waals surface area contributed by atoms with Crippen molar-refractivity contribution in [2.75, 3.05) is 0 Å². The minimum Gasteiger partial charge on any atom is -0.417 e. The van der Waals surface area contributed by atoms with Crippen molar-refractivity contribution in [1.82, 2.24) is 20.0 Å². The molecule has 0 fully saturated rings. The number of hydrogen-bond donors (Lipinski definition) is 0. The fraction of sp³-hybridized carbons (Fsp3) is 0.0385. The number of hydrogen-bond acceptors (Lipinski definition) is 4. The lowest BCUT2D eigenvalue weighted by molar-refractivity contribution is 0.557. The summed E-state index contributed by atoms with van der Waals surface area (Å²) in [5.41, 5.74) is 5.60. The molecule has 32 heavy (non-hydrogen) atoms. The zero-order chi connectivity index (χ0) is 21.9. The molecular formula is C26H19FN4O. The molecule has 5 rings (SSSR count). The first-order chi connectivity index (χ1) is 15.7. The predicted molar refractivity (Wildman–Crippen MR) is 122 cm³/mol. The number of rotatable bonds is 5. The van der Waals surface area contributed by atoms with Gasteiger partial charge in [-0.15, -0.1) is 10.2 Å². The summed E-state index contributed by atoms with van der Waals surface area (Å²) in [5.74, 6) is 0.377. The van der Waals surface area contributed by atoms with Crippen LogP contribution in [-0.4, -0.2) is 20.0 Å². The van der Waals surface area contributed by atoms with Crippen molar-refractivity contribution in [3.05, 3.63) is 108 Å². The number of nitrogens with zero attached hydrogens (tertiary/aromatic N) is 4. The van der Waals surface area contributed by atoms with Crippen molar-refractivity contribution in [3.8, 4) is 28.4 Å². The van der Waals surface area contributed by atoms with Gasteiger partial charge in [-0.2, -0.15) is 5.10 Å². The fourth-order valence-corrected chi connectivity index (χ4v) is 3.33. The van der Waals surface area contributed by atoms with E-state index in [-0.39, 0.29) is 5.82 Å². The Morgan fingerprint density at radius 3 is 2.28 bits per heavy atom. The van der Waals surface area contributed by atoms with Crippen molar-refractivity contribution < 1.29 is 8.81 Å². The van der Waals surface area contributed by atoms with E-state index in [9.17, 15) is 4.39 Å². The van der Waals surface area contributed by atoms with Crippen LogP contribution in [0.15, 0.2) is 89.5 Å². The van der Waals surface area contributed by atoms with Gasteiger partial charge < -0.3 is 4.42 Å². The first-order valence-corrected chi connectivity index (χ1v) is 10.2. The Morgan fingerprint density at radius 1 is 0.812 bits per heavy atom. The lowest BCUT2D eigenvalue weighted by Crippen LogP contribution is -1.93. The van der Waals surface area contributed by atoms with Crippen molar-refractivity contribution in [2.24, 2.45) is 0 Å². The maximum absolute atomic E-state index is 13.2. The van der Waals surface area contributed by atoms with Gasteiger partial charge in [0.25, 0.3) is 0 Å². The van der Waals surface area contributed by atoms with Crippen molar-refractivity contribution in [1.29, 1.82) is 0 Å². The quantitative estimate of drug-likeness (QED) is 0.338. The van der Waals surface area contributed by atoms with E-state index in [0.717, 1.165) is 22.5 Å². The molecular weight excluding hydrogens is 403 g/mol. The van der Waals surface area contributed by atoms with Crippen LogP contribution in [0.3, 0.4) is 0 Å². The van der Waals surface area contributed by atoms with E-state index in [1.165, 1.54) is 17.7 Å². The molecule has 0 saturated carbocycles. The molecule has 0 amide bonds. The Hall–Kier alpha value is -4.32. The van der Waals surface area contributed by atoms with Gasteiger partial charge in [0, 0.05) is 29.0 Å². The smallest absolute Gasteiger partial charge is 0.248 e. The summed E-state index contributed by atoms with van der Waals surface area (Å²) in [4.78, 5) is 0. The number of benzene rings is 3. The van der Waals surface area contributed by atoms with E-state index in [4.69, 9.17) is 9.52 Å². The maximum Gasteiger partial charge on any atom is 0.248 e.